The quantitative estimate of drug-likeness (QED) is 0.560. The maximum atomic E-state index is 2.27. The molecule has 0 saturated heterocycles. The number of hydrogen-bond donors (Lipinski definition) is 0. The fourth-order valence-electron chi connectivity index (χ4n) is 2.16. The summed E-state index contributed by atoms with van der Waals surface area (Å²) in [4.78, 5) is 0. The van der Waals surface area contributed by atoms with Crippen LogP contribution in [0.25, 0.3) is 21.5 Å². The molecule has 0 aliphatic heterocycles. The van der Waals surface area contributed by atoms with E-state index in [0.29, 0.717) is 6.04 Å². The summed E-state index contributed by atoms with van der Waals surface area (Å²) in [6.45, 7) is 4.41. The second kappa shape index (κ2) is 3.38. The summed E-state index contributed by atoms with van der Waals surface area (Å²) in [6.07, 6.45) is 4.46. The van der Waals surface area contributed by atoms with Crippen molar-refractivity contribution >= 4 is 21.5 Å². The standard InChI is InChI=1S/C15H15N/c1-11(2)16-9-14-7-12-5-3-4-6-13(12)8-15(14)10-16/h3-11H,1-2H3. The van der Waals surface area contributed by atoms with Gasteiger partial charge in [0.05, 0.1) is 0 Å². The molecule has 0 amide bonds. The highest BCUT2D eigenvalue weighted by atomic mass is 15.0. The summed E-state index contributed by atoms with van der Waals surface area (Å²) in [5.41, 5.74) is 0. The minimum atomic E-state index is 0.524. The van der Waals surface area contributed by atoms with Crippen molar-refractivity contribution in [3.63, 3.8) is 0 Å². The van der Waals surface area contributed by atoms with Gasteiger partial charge in [0.2, 0.25) is 0 Å². The van der Waals surface area contributed by atoms with Crippen LogP contribution >= 0.6 is 0 Å². The van der Waals surface area contributed by atoms with Gasteiger partial charge in [-0.25, -0.2) is 0 Å². The topological polar surface area (TPSA) is 4.93 Å². The minimum absolute atomic E-state index is 0.524. The van der Waals surface area contributed by atoms with Crippen LogP contribution < -0.4 is 0 Å². The van der Waals surface area contributed by atoms with Gasteiger partial charge in [-0.05, 0) is 47.5 Å². The van der Waals surface area contributed by atoms with E-state index in [9.17, 15) is 0 Å². The van der Waals surface area contributed by atoms with Gasteiger partial charge < -0.3 is 4.57 Å². The second-order valence-corrected chi connectivity index (χ2v) is 4.63. The summed E-state index contributed by atoms with van der Waals surface area (Å²) in [5, 5.41) is 5.29. The Bertz CT molecular complexity index is 594. The van der Waals surface area contributed by atoms with Gasteiger partial charge in [-0.1, -0.05) is 24.3 Å². The third-order valence-electron chi connectivity index (χ3n) is 3.12. The lowest BCUT2D eigenvalue weighted by molar-refractivity contribution is 0.606. The van der Waals surface area contributed by atoms with Crippen molar-refractivity contribution in [3.8, 4) is 0 Å². The van der Waals surface area contributed by atoms with Crippen molar-refractivity contribution in [2.45, 2.75) is 19.9 Å². The van der Waals surface area contributed by atoms with E-state index in [-0.39, 0.29) is 0 Å². The van der Waals surface area contributed by atoms with E-state index in [1.807, 2.05) is 0 Å². The molecular weight excluding hydrogens is 194 g/mol. The Hall–Kier alpha value is -1.76. The van der Waals surface area contributed by atoms with Crippen LogP contribution in [0.1, 0.15) is 19.9 Å². The van der Waals surface area contributed by atoms with Crippen molar-refractivity contribution in [1.82, 2.24) is 4.57 Å². The third kappa shape index (κ3) is 1.40. The van der Waals surface area contributed by atoms with Crippen LogP contribution in [0.3, 0.4) is 0 Å². The summed E-state index contributed by atoms with van der Waals surface area (Å²) in [7, 11) is 0. The predicted molar refractivity (Wildman–Crippen MR) is 69.8 cm³/mol. The minimum Gasteiger partial charge on any atom is -0.351 e. The predicted octanol–water partition coefficient (Wildman–Crippen LogP) is 4.38. The smallest absolute Gasteiger partial charge is 0.0274 e. The second-order valence-electron chi connectivity index (χ2n) is 4.63. The molecule has 2 aromatic carbocycles. The summed E-state index contributed by atoms with van der Waals surface area (Å²) in [5.74, 6) is 0. The van der Waals surface area contributed by atoms with E-state index in [1.54, 1.807) is 0 Å². The van der Waals surface area contributed by atoms with Crippen molar-refractivity contribution < 1.29 is 0 Å². The van der Waals surface area contributed by atoms with Crippen molar-refractivity contribution in [2.75, 3.05) is 0 Å². The molecule has 0 fully saturated rings. The SMILES string of the molecule is CC(C)n1cc2cc3ccccc3cc2c1. The Morgan fingerprint density at radius 3 is 1.75 bits per heavy atom. The number of rotatable bonds is 1. The first kappa shape index (κ1) is 9.46. The van der Waals surface area contributed by atoms with Gasteiger partial charge >= 0.3 is 0 Å². The Morgan fingerprint density at radius 2 is 1.31 bits per heavy atom. The van der Waals surface area contributed by atoms with Gasteiger partial charge in [-0.3, -0.25) is 0 Å². The lowest BCUT2D eigenvalue weighted by Crippen LogP contribution is -1.94. The van der Waals surface area contributed by atoms with E-state index >= 15 is 0 Å². The number of fused-ring (bicyclic) bond motifs is 2. The number of aromatic nitrogens is 1. The monoisotopic (exact) mass is 209 g/mol. The van der Waals surface area contributed by atoms with Gasteiger partial charge in [0.25, 0.3) is 0 Å². The Balaban J connectivity index is 2.34. The van der Waals surface area contributed by atoms with Gasteiger partial charge in [0, 0.05) is 18.4 Å². The molecule has 0 saturated carbocycles. The summed E-state index contributed by atoms with van der Waals surface area (Å²) >= 11 is 0. The zero-order valence-electron chi connectivity index (χ0n) is 9.64. The van der Waals surface area contributed by atoms with E-state index in [4.69, 9.17) is 0 Å². The molecule has 0 radical (unpaired) electrons. The Kier molecular flexibility index (Phi) is 2.00. The van der Waals surface area contributed by atoms with E-state index in [0.717, 1.165) is 0 Å². The fourth-order valence-corrected chi connectivity index (χ4v) is 2.16. The average molecular weight is 209 g/mol. The molecular formula is C15H15N. The zero-order chi connectivity index (χ0) is 11.1. The van der Waals surface area contributed by atoms with E-state index in [1.165, 1.54) is 21.5 Å². The van der Waals surface area contributed by atoms with Crippen molar-refractivity contribution in [2.24, 2.45) is 0 Å². The molecule has 16 heavy (non-hydrogen) atoms. The van der Waals surface area contributed by atoms with Crippen LogP contribution in [0.4, 0.5) is 0 Å². The largest absolute Gasteiger partial charge is 0.351 e. The molecule has 3 rings (SSSR count). The van der Waals surface area contributed by atoms with E-state index in [2.05, 4.69) is 67.2 Å². The third-order valence-corrected chi connectivity index (χ3v) is 3.12. The van der Waals surface area contributed by atoms with Crippen LogP contribution in [0.2, 0.25) is 0 Å². The maximum Gasteiger partial charge on any atom is 0.0274 e. The maximum absolute atomic E-state index is 2.27. The molecule has 0 aliphatic rings. The fraction of sp³-hybridized carbons (Fsp3) is 0.200. The molecule has 1 heteroatoms. The molecule has 0 spiro atoms. The Labute approximate surface area is 95.3 Å². The van der Waals surface area contributed by atoms with Crippen molar-refractivity contribution in [1.29, 1.82) is 0 Å². The van der Waals surface area contributed by atoms with Gasteiger partial charge in [0.1, 0.15) is 0 Å². The summed E-state index contributed by atoms with van der Waals surface area (Å²) < 4.78 is 2.27. The highest BCUT2D eigenvalue weighted by Gasteiger charge is 2.02. The number of benzene rings is 2. The number of hydrogen-bond acceptors (Lipinski definition) is 0. The molecule has 0 unspecified atom stereocenters. The molecule has 1 heterocycles. The molecule has 1 nitrogen and oxygen atoms in total. The zero-order valence-corrected chi connectivity index (χ0v) is 9.64. The van der Waals surface area contributed by atoms with Gasteiger partial charge in [-0.2, -0.15) is 0 Å². The summed E-state index contributed by atoms with van der Waals surface area (Å²) in [6, 6.07) is 13.6. The van der Waals surface area contributed by atoms with Gasteiger partial charge in [-0.15, -0.1) is 0 Å². The van der Waals surface area contributed by atoms with Gasteiger partial charge in [0.15, 0.2) is 0 Å². The van der Waals surface area contributed by atoms with Crippen LogP contribution in [0.5, 0.6) is 0 Å². The first-order chi connectivity index (χ1) is 7.74. The Morgan fingerprint density at radius 1 is 0.812 bits per heavy atom. The molecule has 0 N–H and O–H groups in total. The normalized spacial score (nSPS) is 11.7. The molecule has 0 bridgehead atoms. The average Bonchev–Trinajstić information content (AvgIpc) is 2.68. The molecule has 80 valence electrons. The lowest BCUT2D eigenvalue weighted by atomic mass is 10.1. The molecule has 3 aromatic rings. The highest BCUT2D eigenvalue weighted by molar-refractivity contribution is 5.98. The highest BCUT2D eigenvalue weighted by Crippen LogP contribution is 2.24. The number of nitrogens with zero attached hydrogens (tertiary/aromatic N) is 1. The lowest BCUT2D eigenvalue weighted by Gasteiger charge is -2.04. The van der Waals surface area contributed by atoms with Crippen LogP contribution in [0.15, 0.2) is 48.8 Å². The first-order valence-electron chi connectivity index (χ1n) is 5.74. The van der Waals surface area contributed by atoms with Crippen LogP contribution in [-0.2, 0) is 0 Å². The molecule has 1 aromatic heterocycles. The van der Waals surface area contributed by atoms with Crippen LogP contribution in [-0.4, -0.2) is 4.57 Å². The van der Waals surface area contributed by atoms with E-state index < -0.39 is 0 Å². The first-order valence-corrected chi connectivity index (χ1v) is 5.74. The van der Waals surface area contributed by atoms with Crippen LogP contribution in [0, 0.1) is 0 Å². The molecule has 0 aliphatic carbocycles. The van der Waals surface area contributed by atoms with Crippen molar-refractivity contribution in [3.05, 3.63) is 48.8 Å². The molecule has 0 atom stereocenters.